The SMILES string of the molecule is CC(NC(=O)OC(C)(C)C)c1cccc(-c2cc(COc3ccccc3CC(=O)OC(C)(C)C)cc(OCc3ccccn3)c2)c1F. The number of ether oxygens (including phenoxy) is 4. The fraction of sp³-hybridized carbons (Fsp3) is 0.342. The molecule has 1 heterocycles. The van der Waals surface area contributed by atoms with E-state index in [4.69, 9.17) is 18.9 Å². The van der Waals surface area contributed by atoms with E-state index in [0.717, 1.165) is 11.3 Å². The number of amides is 1. The monoisotopic (exact) mass is 642 g/mol. The second kappa shape index (κ2) is 15.1. The molecule has 248 valence electrons. The number of para-hydroxylation sites is 1. The van der Waals surface area contributed by atoms with Gasteiger partial charge in [-0.1, -0.05) is 42.5 Å². The molecule has 0 spiro atoms. The number of carbonyl (C=O) groups excluding carboxylic acids is 2. The van der Waals surface area contributed by atoms with Crippen LogP contribution in [0.5, 0.6) is 11.5 Å². The summed E-state index contributed by atoms with van der Waals surface area (Å²) in [5.41, 5.74) is 2.06. The van der Waals surface area contributed by atoms with E-state index in [1.54, 1.807) is 64.2 Å². The number of carbonyl (C=O) groups is 2. The number of esters is 1. The van der Waals surface area contributed by atoms with Gasteiger partial charge in [0.05, 0.1) is 18.2 Å². The molecule has 1 N–H and O–H groups in total. The molecule has 9 heteroatoms. The van der Waals surface area contributed by atoms with Gasteiger partial charge in [0.25, 0.3) is 0 Å². The quantitative estimate of drug-likeness (QED) is 0.164. The van der Waals surface area contributed by atoms with E-state index in [1.165, 1.54) is 0 Å². The molecule has 1 amide bonds. The summed E-state index contributed by atoms with van der Waals surface area (Å²) in [4.78, 5) is 29.3. The maximum Gasteiger partial charge on any atom is 0.408 e. The third-order valence-electron chi connectivity index (χ3n) is 6.74. The van der Waals surface area contributed by atoms with Gasteiger partial charge in [-0.2, -0.15) is 0 Å². The number of nitrogens with one attached hydrogen (secondary N) is 1. The zero-order chi connectivity index (χ0) is 34.2. The molecule has 0 saturated heterocycles. The number of hydrogen-bond donors (Lipinski definition) is 1. The molecule has 47 heavy (non-hydrogen) atoms. The Bertz CT molecular complexity index is 1680. The molecule has 0 aliphatic carbocycles. The van der Waals surface area contributed by atoms with Gasteiger partial charge in [0, 0.05) is 22.9 Å². The summed E-state index contributed by atoms with van der Waals surface area (Å²) in [6, 6.07) is 22.7. The van der Waals surface area contributed by atoms with Crippen LogP contribution in [0.2, 0.25) is 0 Å². The van der Waals surface area contributed by atoms with Crippen molar-refractivity contribution in [3.05, 3.63) is 113 Å². The molecule has 1 unspecified atom stereocenters. The number of halogens is 1. The van der Waals surface area contributed by atoms with Crippen LogP contribution in [0.3, 0.4) is 0 Å². The third-order valence-corrected chi connectivity index (χ3v) is 6.74. The number of rotatable bonds is 11. The van der Waals surface area contributed by atoms with Crippen LogP contribution in [0.4, 0.5) is 9.18 Å². The van der Waals surface area contributed by atoms with Crippen LogP contribution in [0.1, 0.15) is 76.9 Å². The average Bonchev–Trinajstić information content (AvgIpc) is 2.98. The molecule has 8 nitrogen and oxygen atoms in total. The lowest BCUT2D eigenvalue weighted by molar-refractivity contribution is -0.153. The van der Waals surface area contributed by atoms with Crippen molar-refractivity contribution in [2.75, 3.05) is 0 Å². The van der Waals surface area contributed by atoms with E-state index in [9.17, 15) is 9.59 Å². The number of alkyl carbamates (subject to hydrolysis) is 1. The zero-order valence-electron chi connectivity index (χ0n) is 28.1. The first-order valence-electron chi connectivity index (χ1n) is 15.5. The highest BCUT2D eigenvalue weighted by molar-refractivity contribution is 5.74. The normalized spacial score (nSPS) is 12.2. The summed E-state index contributed by atoms with van der Waals surface area (Å²) in [5, 5.41) is 2.72. The Hall–Kier alpha value is -4.92. The second-order valence-electron chi connectivity index (χ2n) is 13.2. The Morgan fingerprint density at radius 3 is 2.26 bits per heavy atom. The first-order valence-corrected chi connectivity index (χ1v) is 15.5. The van der Waals surface area contributed by atoms with Crippen LogP contribution in [0.25, 0.3) is 11.1 Å². The van der Waals surface area contributed by atoms with Crippen LogP contribution in [-0.4, -0.2) is 28.2 Å². The third kappa shape index (κ3) is 10.8. The van der Waals surface area contributed by atoms with E-state index in [1.807, 2.05) is 69.3 Å². The van der Waals surface area contributed by atoms with Gasteiger partial charge in [-0.05, 0) is 96.0 Å². The smallest absolute Gasteiger partial charge is 0.408 e. The zero-order valence-corrected chi connectivity index (χ0v) is 28.1. The van der Waals surface area contributed by atoms with Crippen molar-refractivity contribution in [2.45, 2.75) is 85.3 Å². The molecule has 0 fully saturated rings. The predicted molar refractivity (Wildman–Crippen MR) is 179 cm³/mol. The first kappa shape index (κ1) is 34.9. The largest absolute Gasteiger partial charge is 0.489 e. The summed E-state index contributed by atoms with van der Waals surface area (Å²) in [7, 11) is 0. The molecule has 4 rings (SSSR count). The van der Waals surface area contributed by atoms with Crippen molar-refractivity contribution >= 4 is 12.1 Å². The Morgan fingerprint density at radius 1 is 0.830 bits per heavy atom. The van der Waals surface area contributed by atoms with Gasteiger partial charge < -0.3 is 24.3 Å². The molecule has 1 aromatic heterocycles. The number of hydrogen-bond acceptors (Lipinski definition) is 7. The van der Waals surface area contributed by atoms with Crippen molar-refractivity contribution in [1.29, 1.82) is 0 Å². The molecule has 0 radical (unpaired) electrons. The molecular formula is C38H43FN2O6. The van der Waals surface area contributed by atoms with Crippen LogP contribution in [0.15, 0.2) is 85.1 Å². The van der Waals surface area contributed by atoms with E-state index < -0.39 is 29.2 Å². The minimum absolute atomic E-state index is 0.0550. The van der Waals surface area contributed by atoms with Crippen molar-refractivity contribution < 1.29 is 32.9 Å². The van der Waals surface area contributed by atoms with Gasteiger partial charge in [-0.25, -0.2) is 9.18 Å². The van der Waals surface area contributed by atoms with Gasteiger partial charge in [0.1, 0.15) is 41.7 Å². The second-order valence-corrected chi connectivity index (χ2v) is 13.2. The van der Waals surface area contributed by atoms with Crippen molar-refractivity contribution in [1.82, 2.24) is 10.3 Å². The fourth-order valence-corrected chi connectivity index (χ4v) is 4.78. The molecule has 0 saturated carbocycles. The maximum atomic E-state index is 16.1. The lowest BCUT2D eigenvalue weighted by Gasteiger charge is -2.22. The van der Waals surface area contributed by atoms with Gasteiger partial charge in [-0.3, -0.25) is 9.78 Å². The van der Waals surface area contributed by atoms with Crippen molar-refractivity contribution in [3.8, 4) is 22.6 Å². The Labute approximate surface area is 276 Å². The van der Waals surface area contributed by atoms with Crippen LogP contribution < -0.4 is 14.8 Å². The highest BCUT2D eigenvalue weighted by atomic mass is 19.1. The highest BCUT2D eigenvalue weighted by Gasteiger charge is 2.22. The molecule has 0 bridgehead atoms. The lowest BCUT2D eigenvalue weighted by Crippen LogP contribution is -2.34. The Morgan fingerprint density at radius 2 is 1.55 bits per heavy atom. The van der Waals surface area contributed by atoms with Gasteiger partial charge in [0.15, 0.2) is 0 Å². The molecular weight excluding hydrogens is 599 g/mol. The van der Waals surface area contributed by atoms with Crippen molar-refractivity contribution in [2.24, 2.45) is 0 Å². The predicted octanol–water partition coefficient (Wildman–Crippen LogP) is 8.52. The average molecular weight is 643 g/mol. The van der Waals surface area contributed by atoms with Gasteiger partial charge in [0.2, 0.25) is 0 Å². The minimum atomic E-state index is -0.686. The van der Waals surface area contributed by atoms with Crippen LogP contribution >= 0.6 is 0 Å². The number of pyridine rings is 1. The molecule has 4 aromatic rings. The van der Waals surface area contributed by atoms with Crippen molar-refractivity contribution in [3.63, 3.8) is 0 Å². The van der Waals surface area contributed by atoms with Gasteiger partial charge >= 0.3 is 12.1 Å². The summed E-state index contributed by atoms with van der Waals surface area (Å²) >= 11 is 0. The Kier molecular flexibility index (Phi) is 11.2. The lowest BCUT2D eigenvalue weighted by atomic mass is 9.97. The molecule has 0 aliphatic heterocycles. The van der Waals surface area contributed by atoms with Gasteiger partial charge in [-0.15, -0.1) is 0 Å². The number of nitrogens with zero attached hydrogens (tertiary/aromatic N) is 1. The summed E-state index contributed by atoms with van der Waals surface area (Å²) in [5.74, 6) is 0.201. The van der Waals surface area contributed by atoms with E-state index in [0.29, 0.717) is 33.8 Å². The summed E-state index contributed by atoms with van der Waals surface area (Å²) in [6.45, 7) is 12.8. The number of benzene rings is 3. The standard InChI is InChI=1S/C38H43FN2O6/c1-25(41-36(43)47-38(5,6)7)31-15-12-16-32(35(31)39)28-19-26(20-30(21-28)44-24-29-14-10-11-18-40-29)23-45-33-17-9-8-13-27(33)22-34(42)46-37(2,3)4/h8-21,25H,22-24H2,1-7H3,(H,41,43). The Balaban J connectivity index is 1.62. The maximum absolute atomic E-state index is 16.1. The topological polar surface area (TPSA) is 96.0 Å². The van der Waals surface area contributed by atoms with Crippen LogP contribution in [-0.2, 0) is 33.9 Å². The summed E-state index contributed by atoms with van der Waals surface area (Å²) < 4.78 is 39.3. The highest BCUT2D eigenvalue weighted by Crippen LogP contribution is 2.33. The van der Waals surface area contributed by atoms with E-state index >= 15 is 4.39 Å². The van der Waals surface area contributed by atoms with E-state index in [-0.39, 0.29) is 25.6 Å². The molecule has 3 aromatic carbocycles. The summed E-state index contributed by atoms with van der Waals surface area (Å²) in [6.07, 6.45) is 1.11. The first-order chi connectivity index (χ1) is 22.2. The fourth-order valence-electron chi connectivity index (χ4n) is 4.78. The molecule has 0 aliphatic rings. The van der Waals surface area contributed by atoms with Crippen LogP contribution in [0, 0.1) is 5.82 Å². The number of aromatic nitrogens is 1. The molecule has 1 atom stereocenters. The van der Waals surface area contributed by atoms with E-state index in [2.05, 4.69) is 10.3 Å². The minimum Gasteiger partial charge on any atom is -0.489 e.